The summed E-state index contributed by atoms with van der Waals surface area (Å²) in [5.74, 6) is 0.806. The molecule has 1 fully saturated rings. The number of carbonyl (C=O) groups excluding carboxylic acids is 1. The Labute approximate surface area is 99.5 Å². The average Bonchev–Trinajstić information content (AvgIpc) is 2.67. The fraction of sp³-hybridized carbons (Fsp3) is 0.636. The number of rotatable bonds is 5. The molecule has 88 valence electrons. The van der Waals surface area contributed by atoms with E-state index in [0.717, 1.165) is 24.5 Å². The van der Waals surface area contributed by atoms with Crippen LogP contribution in [0.4, 0.5) is 0 Å². The molecule has 0 bridgehead atoms. The van der Waals surface area contributed by atoms with E-state index in [1.165, 1.54) is 0 Å². The zero-order valence-electron chi connectivity index (χ0n) is 9.40. The third-order valence-electron chi connectivity index (χ3n) is 3.06. The molecule has 0 spiro atoms. The van der Waals surface area contributed by atoms with E-state index < -0.39 is 0 Å². The molecule has 1 aliphatic rings. The number of nitrogens with zero attached hydrogens (tertiary/aromatic N) is 1. The highest BCUT2D eigenvalue weighted by Crippen LogP contribution is 2.15. The predicted octanol–water partition coefficient (Wildman–Crippen LogP) is 0.657. The van der Waals surface area contributed by atoms with Crippen LogP contribution in [0.2, 0.25) is 0 Å². The topological polar surface area (TPSA) is 54.0 Å². The van der Waals surface area contributed by atoms with Gasteiger partial charge in [-0.3, -0.25) is 4.79 Å². The van der Waals surface area contributed by atoms with Crippen molar-refractivity contribution in [3.05, 3.63) is 16.6 Å². The number of amides is 1. The van der Waals surface area contributed by atoms with Gasteiger partial charge >= 0.3 is 0 Å². The Bertz CT molecular complexity index is 335. The zero-order chi connectivity index (χ0) is 11.4. The molecule has 0 aromatic carbocycles. The van der Waals surface area contributed by atoms with E-state index in [-0.39, 0.29) is 11.8 Å². The van der Waals surface area contributed by atoms with E-state index >= 15 is 0 Å². The average molecular weight is 239 g/mol. The third-order valence-corrected chi connectivity index (χ3v) is 3.89. The van der Waals surface area contributed by atoms with Crippen LogP contribution < -0.4 is 10.6 Å². The van der Waals surface area contributed by atoms with Crippen molar-refractivity contribution < 1.29 is 4.79 Å². The molecule has 1 unspecified atom stereocenters. The number of aromatic nitrogens is 1. The van der Waals surface area contributed by atoms with Gasteiger partial charge in [-0.1, -0.05) is 6.92 Å². The number of carbonyl (C=O) groups is 1. The van der Waals surface area contributed by atoms with Gasteiger partial charge in [-0.25, -0.2) is 4.98 Å². The van der Waals surface area contributed by atoms with Gasteiger partial charge in [0, 0.05) is 30.5 Å². The summed E-state index contributed by atoms with van der Waals surface area (Å²) in [6, 6.07) is 0. The Kier molecular flexibility index (Phi) is 3.90. The van der Waals surface area contributed by atoms with E-state index in [0.29, 0.717) is 12.5 Å². The molecule has 5 heteroatoms. The van der Waals surface area contributed by atoms with E-state index in [1.54, 1.807) is 17.5 Å². The summed E-state index contributed by atoms with van der Waals surface area (Å²) in [5.41, 5.74) is 0. The number of hydrogen-bond acceptors (Lipinski definition) is 4. The van der Waals surface area contributed by atoms with E-state index in [2.05, 4.69) is 15.6 Å². The first-order valence-corrected chi connectivity index (χ1v) is 6.52. The molecule has 4 nitrogen and oxygen atoms in total. The molecule has 2 heterocycles. The van der Waals surface area contributed by atoms with Crippen LogP contribution >= 0.6 is 11.3 Å². The second-order valence-electron chi connectivity index (χ2n) is 4.17. The number of hydrogen-bond donors (Lipinski definition) is 2. The summed E-state index contributed by atoms with van der Waals surface area (Å²) in [6.45, 7) is 4.64. The van der Waals surface area contributed by atoms with Gasteiger partial charge in [0.1, 0.15) is 0 Å². The lowest BCUT2D eigenvalue weighted by Crippen LogP contribution is -2.49. The minimum absolute atomic E-state index is 0.123. The Morgan fingerprint density at radius 3 is 3.12 bits per heavy atom. The van der Waals surface area contributed by atoms with Crippen LogP contribution in [0.1, 0.15) is 11.9 Å². The third kappa shape index (κ3) is 2.80. The molecule has 1 aliphatic heterocycles. The largest absolute Gasteiger partial charge is 0.355 e. The van der Waals surface area contributed by atoms with Gasteiger partial charge in [0.2, 0.25) is 5.91 Å². The fourth-order valence-corrected chi connectivity index (χ4v) is 2.33. The lowest BCUT2D eigenvalue weighted by atomic mass is 9.88. The van der Waals surface area contributed by atoms with E-state index in [9.17, 15) is 4.79 Å². The van der Waals surface area contributed by atoms with Gasteiger partial charge in [0.25, 0.3) is 0 Å². The summed E-state index contributed by atoms with van der Waals surface area (Å²) in [5, 5.41) is 9.20. The predicted molar refractivity (Wildman–Crippen MR) is 64.4 cm³/mol. The van der Waals surface area contributed by atoms with Crippen molar-refractivity contribution in [3.63, 3.8) is 0 Å². The van der Waals surface area contributed by atoms with Crippen LogP contribution in [-0.2, 0) is 11.2 Å². The Hall–Kier alpha value is -0.940. The summed E-state index contributed by atoms with van der Waals surface area (Å²) in [6.07, 6.45) is 2.63. The van der Waals surface area contributed by atoms with Crippen molar-refractivity contribution in [3.8, 4) is 0 Å². The maximum Gasteiger partial charge on any atom is 0.223 e. The highest BCUT2D eigenvalue weighted by atomic mass is 32.1. The van der Waals surface area contributed by atoms with Crippen LogP contribution in [0.3, 0.4) is 0 Å². The molecule has 2 N–H and O–H groups in total. The Morgan fingerprint density at radius 1 is 1.75 bits per heavy atom. The Balaban J connectivity index is 1.67. The monoisotopic (exact) mass is 239 g/mol. The smallest absolute Gasteiger partial charge is 0.223 e. The van der Waals surface area contributed by atoms with Crippen molar-refractivity contribution in [2.75, 3.05) is 19.6 Å². The fourth-order valence-electron chi connectivity index (χ4n) is 1.71. The first-order chi connectivity index (χ1) is 7.77. The summed E-state index contributed by atoms with van der Waals surface area (Å²) < 4.78 is 0. The van der Waals surface area contributed by atoms with Gasteiger partial charge in [-0.05, 0) is 19.0 Å². The second kappa shape index (κ2) is 5.41. The summed E-state index contributed by atoms with van der Waals surface area (Å²) in [7, 11) is 0. The van der Waals surface area contributed by atoms with Crippen LogP contribution in [0.15, 0.2) is 11.6 Å². The van der Waals surface area contributed by atoms with Crippen molar-refractivity contribution >= 4 is 17.2 Å². The number of thiazole rings is 1. The van der Waals surface area contributed by atoms with Gasteiger partial charge in [0.05, 0.1) is 5.01 Å². The van der Waals surface area contributed by atoms with Crippen molar-refractivity contribution in [1.29, 1.82) is 0 Å². The quantitative estimate of drug-likeness (QED) is 0.793. The maximum absolute atomic E-state index is 11.7. The van der Waals surface area contributed by atoms with Gasteiger partial charge in [0.15, 0.2) is 0 Å². The van der Waals surface area contributed by atoms with E-state index in [1.807, 2.05) is 12.3 Å². The SMILES string of the molecule is CC(C(=O)NCCc1nccs1)C1CNC1. The molecular formula is C11H17N3OS. The molecule has 1 aromatic heterocycles. The molecular weight excluding hydrogens is 222 g/mol. The molecule has 0 aliphatic carbocycles. The van der Waals surface area contributed by atoms with Crippen LogP contribution in [0.25, 0.3) is 0 Å². The highest BCUT2D eigenvalue weighted by Gasteiger charge is 2.28. The first-order valence-electron chi connectivity index (χ1n) is 5.64. The molecule has 16 heavy (non-hydrogen) atoms. The molecule has 1 aromatic rings. The molecule has 0 saturated carbocycles. The molecule has 1 atom stereocenters. The van der Waals surface area contributed by atoms with Crippen LogP contribution in [-0.4, -0.2) is 30.5 Å². The lowest BCUT2D eigenvalue weighted by molar-refractivity contribution is -0.126. The summed E-state index contributed by atoms with van der Waals surface area (Å²) in [4.78, 5) is 15.9. The summed E-state index contributed by atoms with van der Waals surface area (Å²) >= 11 is 1.63. The zero-order valence-corrected chi connectivity index (χ0v) is 10.2. The normalized spacial score (nSPS) is 17.8. The molecule has 0 radical (unpaired) electrons. The minimum Gasteiger partial charge on any atom is -0.355 e. The molecule has 2 rings (SSSR count). The molecule has 1 saturated heterocycles. The maximum atomic E-state index is 11.7. The van der Waals surface area contributed by atoms with Gasteiger partial charge in [-0.2, -0.15) is 0 Å². The van der Waals surface area contributed by atoms with Gasteiger partial charge in [-0.15, -0.1) is 11.3 Å². The molecule has 1 amide bonds. The standard InChI is InChI=1S/C11H17N3OS/c1-8(9-6-12-7-9)11(15)14-3-2-10-13-4-5-16-10/h4-5,8-9,12H,2-3,6-7H2,1H3,(H,14,15). The minimum atomic E-state index is 0.123. The van der Waals surface area contributed by atoms with Gasteiger partial charge < -0.3 is 10.6 Å². The second-order valence-corrected chi connectivity index (χ2v) is 5.15. The first kappa shape index (κ1) is 11.5. The van der Waals surface area contributed by atoms with Crippen molar-refractivity contribution in [1.82, 2.24) is 15.6 Å². The highest BCUT2D eigenvalue weighted by molar-refractivity contribution is 7.09. The van der Waals surface area contributed by atoms with Crippen LogP contribution in [0, 0.1) is 11.8 Å². The van der Waals surface area contributed by atoms with Crippen molar-refractivity contribution in [2.45, 2.75) is 13.3 Å². The lowest BCUT2D eigenvalue weighted by Gasteiger charge is -2.31. The number of nitrogens with one attached hydrogen (secondary N) is 2. The van der Waals surface area contributed by atoms with E-state index in [4.69, 9.17) is 0 Å². The Morgan fingerprint density at radius 2 is 2.56 bits per heavy atom. The van der Waals surface area contributed by atoms with Crippen molar-refractivity contribution in [2.24, 2.45) is 11.8 Å². The van der Waals surface area contributed by atoms with Crippen LogP contribution in [0.5, 0.6) is 0 Å².